The van der Waals surface area contributed by atoms with Gasteiger partial charge in [0.1, 0.15) is 0 Å². The molecule has 2 rings (SSSR count). The lowest BCUT2D eigenvalue weighted by Gasteiger charge is -2.32. The predicted octanol–water partition coefficient (Wildman–Crippen LogP) is 3.08. The summed E-state index contributed by atoms with van der Waals surface area (Å²) in [5, 5.41) is 0. The zero-order valence-corrected chi connectivity index (χ0v) is 11.6. The Labute approximate surface area is 101 Å². The molecule has 0 saturated carbocycles. The summed E-state index contributed by atoms with van der Waals surface area (Å²) in [5.41, 5.74) is 0.114. The van der Waals surface area contributed by atoms with Crippen LogP contribution in [0, 0.1) is 5.41 Å². The molecule has 2 heterocycles. The predicted molar refractivity (Wildman–Crippen MR) is 69.8 cm³/mol. The minimum absolute atomic E-state index is 0.00627. The maximum Gasteiger partial charge on any atom is 0.407 e. The zero-order valence-electron chi connectivity index (χ0n) is 11.6. The third-order valence-corrected chi connectivity index (χ3v) is 4.66. The Morgan fingerprint density at radius 3 is 1.75 bits per heavy atom. The van der Waals surface area contributed by atoms with Gasteiger partial charge in [0.25, 0.3) is 0 Å². The van der Waals surface area contributed by atoms with Crippen LogP contribution in [0.15, 0.2) is 0 Å². The summed E-state index contributed by atoms with van der Waals surface area (Å²) in [6, 6.07) is 0. The summed E-state index contributed by atoms with van der Waals surface area (Å²) in [6.07, 6.45) is 3.76. The molecule has 2 saturated heterocycles. The third-order valence-electron chi connectivity index (χ3n) is 4.66. The minimum atomic E-state index is -0.176. The van der Waals surface area contributed by atoms with Gasteiger partial charge in [0.2, 0.25) is 0 Å². The lowest BCUT2D eigenvalue weighted by atomic mass is 9.23. The van der Waals surface area contributed by atoms with Crippen LogP contribution in [0.3, 0.4) is 0 Å². The van der Waals surface area contributed by atoms with E-state index in [1.807, 2.05) is 0 Å². The summed E-state index contributed by atoms with van der Waals surface area (Å²) in [6.45, 7) is 13.8. The summed E-state index contributed by atoms with van der Waals surface area (Å²) in [4.78, 5) is 0. The number of rotatable bonds is 1. The highest BCUT2D eigenvalue weighted by atomic mass is 16.7. The molecule has 0 atom stereocenters. The topological polar surface area (TPSA) is 18.5 Å². The Bertz CT molecular complexity index is 271. The highest BCUT2D eigenvalue weighted by molar-refractivity contribution is 7.17. The summed E-state index contributed by atoms with van der Waals surface area (Å²) >= 11 is 0. The number of hydrogen-bond acceptors (Lipinski definition) is 2. The molecular weight excluding hydrogens is 198 g/mol. The molecule has 0 aliphatic carbocycles. The second-order valence-corrected chi connectivity index (χ2v) is 7.29. The average Bonchev–Trinajstić information content (AvgIpc) is 2.52. The third kappa shape index (κ3) is 2.06. The molecule has 0 radical (unpaired) electrons. The van der Waals surface area contributed by atoms with E-state index in [-0.39, 0.29) is 18.2 Å². The maximum absolute atomic E-state index is 6.12. The van der Waals surface area contributed by atoms with Gasteiger partial charge in [-0.2, -0.15) is 0 Å². The van der Waals surface area contributed by atoms with E-state index in [0.29, 0.717) is 12.0 Å². The van der Waals surface area contributed by atoms with Crippen LogP contribution in [0.5, 0.6) is 0 Å². The molecule has 2 nitrogen and oxygen atoms in total. The van der Waals surface area contributed by atoms with Crippen LogP contribution in [-0.4, -0.2) is 24.8 Å². The van der Waals surface area contributed by atoms with E-state index < -0.39 is 0 Å². The summed E-state index contributed by atoms with van der Waals surface area (Å²) < 4.78 is 12.2. The van der Waals surface area contributed by atoms with Gasteiger partial charge in [0.05, 0.1) is 11.2 Å². The fourth-order valence-corrected chi connectivity index (χ4v) is 2.80. The molecule has 4 heteroatoms. The Morgan fingerprint density at radius 1 is 0.875 bits per heavy atom. The van der Waals surface area contributed by atoms with Gasteiger partial charge in [0, 0.05) is 0 Å². The number of hydrogen-bond donors (Lipinski definition) is 0. The molecule has 0 unspecified atom stereocenters. The van der Waals surface area contributed by atoms with Crippen molar-refractivity contribution >= 4 is 13.6 Å². The van der Waals surface area contributed by atoms with E-state index in [4.69, 9.17) is 9.31 Å². The van der Waals surface area contributed by atoms with Crippen LogP contribution in [0.25, 0.3) is 0 Å². The molecule has 2 fully saturated rings. The van der Waals surface area contributed by atoms with Gasteiger partial charge in [-0.05, 0) is 33.1 Å². The highest BCUT2D eigenvalue weighted by Gasteiger charge is 2.56. The van der Waals surface area contributed by atoms with Crippen LogP contribution < -0.4 is 0 Å². The fourth-order valence-electron chi connectivity index (χ4n) is 2.80. The minimum Gasteiger partial charge on any atom is -0.410 e. The molecule has 90 valence electrons. The summed E-state index contributed by atoms with van der Waals surface area (Å²) in [5.74, 6) is 0. The quantitative estimate of drug-likeness (QED) is 0.634. The first-order chi connectivity index (χ1) is 7.13. The highest BCUT2D eigenvalue weighted by Crippen LogP contribution is 2.44. The molecule has 0 bridgehead atoms. The first-order valence-electron chi connectivity index (χ1n) is 6.49. The molecule has 0 aromatic rings. The molecule has 2 aliphatic rings. The van der Waals surface area contributed by atoms with E-state index in [9.17, 15) is 0 Å². The average molecular weight is 222 g/mol. The van der Waals surface area contributed by atoms with Crippen molar-refractivity contribution in [3.05, 3.63) is 0 Å². The first kappa shape index (κ1) is 12.5. The van der Waals surface area contributed by atoms with Crippen molar-refractivity contribution < 1.29 is 9.31 Å². The monoisotopic (exact) mass is 222 g/mol. The Morgan fingerprint density at radius 2 is 1.38 bits per heavy atom. The maximum atomic E-state index is 6.12. The van der Waals surface area contributed by atoms with Crippen molar-refractivity contribution in [2.75, 3.05) is 0 Å². The normalized spacial score (nSPS) is 31.1. The van der Waals surface area contributed by atoms with Gasteiger partial charge in [0.15, 0.2) is 6.60 Å². The second kappa shape index (κ2) is 3.52. The van der Waals surface area contributed by atoms with Crippen LogP contribution in [0.1, 0.15) is 48.0 Å². The van der Waals surface area contributed by atoms with Crippen LogP contribution >= 0.6 is 0 Å². The van der Waals surface area contributed by atoms with Crippen molar-refractivity contribution in [2.45, 2.75) is 71.8 Å². The van der Waals surface area contributed by atoms with Gasteiger partial charge >= 0.3 is 7.01 Å². The van der Waals surface area contributed by atoms with E-state index in [1.54, 1.807) is 0 Å². The van der Waals surface area contributed by atoms with E-state index in [1.165, 1.54) is 19.1 Å². The lowest BCUT2D eigenvalue weighted by Crippen LogP contribution is -2.41. The van der Waals surface area contributed by atoms with Gasteiger partial charge in [-0.3, -0.25) is 0 Å². The molecule has 2 aliphatic heterocycles. The molecule has 0 spiro atoms. The first-order valence-corrected chi connectivity index (χ1v) is 6.49. The SMILES string of the molecule is CC1(C)CCB(B2OC(C)(C)C(C)(C)O2)C1. The standard InChI is InChI=1S/C12H24B2O2/c1-10(2)7-8-13(9-10)14-15-11(3,4)12(5,6)16-14/h7-9H2,1-6H3. The molecule has 0 aromatic carbocycles. The lowest BCUT2D eigenvalue weighted by molar-refractivity contribution is 0.00578. The molecule has 0 amide bonds. The molecular formula is C12H24B2O2. The van der Waals surface area contributed by atoms with Gasteiger partial charge in [-0.25, -0.2) is 0 Å². The largest absolute Gasteiger partial charge is 0.410 e. The van der Waals surface area contributed by atoms with Gasteiger partial charge in [-0.1, -0.05) is 32.9 Å². The Balaban J connectivity index is 2.05. The Hall–Kier alpha value is 0.0499. The second-order valence-electron chi connectivity index (χ2n) is 7.29. The smallest absolute Gasteiger partial charge is 0.407 e. The van der Waals surface area contributed by atoms with Crippen molar-refractivity contribution in [1.82, 2.24) is 0 Å². The Kier molecular flexibility index (Phi) is 2.75. The van der Waals surface area contributed by atoms with Crippen LogP contribution in [-0.2, 0) is 9.31 Å². The summed E-state index contributed by atoms with van der Waals surface area (Å²) in [7, 11) is 0.00627. The van der Waals surface area contributed by atoms with Crippen molar-refractivity contribution in [1.29, 1.82) is 0 Å². The van der Waals surface area contributed by atoms with Gasteiger partial charge in [-0.15, -0.1) is 0 Å². The van der Waals surface area contributed by atoms with Crippen molar-refractivity contribution in [3.8, 4) is 0 Å². The van der Waals surface area contributed by atoms with Crippen molar-refractivity contribution in [2.24, 2.45) is 5.41 Å². The molecule has 0 N–H and O–H groups in total. The van der Waals surface area contributed by atoms with E-state index >= 15 is 0 Å². The van der Waals surface area contributed by atoms with E-state index in [0.717, 1.165) is 0 Å². The van der Waals surface area contributed by atoms with Crippen molar-refractivity contribution in [3.63, 3.8) is 0 Å². The van der Waals surface area contributed by atoms with Crippen LogP contribution in [0.2, 0.25) is 12.6 Å². The fraction of sp³-hybridized carbons (Fsp3) is 1.00. The van der Waals surface area contributed by atoms with Gasteiger partial charge < -0.3 is 9.31 Å². The van der Waals surface area contributed by atoms with Crippen LogP contribution in [0.4, 0.5) is 0 Å². The van der Waals surface area contributed by atoms with E-state index in [2.05, 4.69) is 41.5 Å². The zero-order chi connectivity index (χ0) is 12.2. The molecule has 16 heavy (non-hydrogen) atoms. The molecule has 0 aromatic heterocycles.